The number of ether oxygens (including phenoxy) is 1. The first kappa shape index (κ1) is 13.3. The molecule has 1 aliphatic carbocycles. The lowest BCUT2D eigenvalue weighted by atomic mass is 9.76. The van der Waals surface area contributed by atoms with Gasteiger partial charge in [0.15, 0.2) is 0 Å². The Morgan fingerprint density at radius 2 is 1.89 bits per heavy atom. The molecule has 18 heavy (non-hydrogen) atoms. The summed E-state index contributed by atoms with van der Waals surface area (Å²) in [7, 11) is 0. The summed E-state index contributed by atoms with van der Waals surface area (Å²) in [6.07, 6.45) is 4.90. The van der Waals surface area contributed by atoms with Crippen molar-refractivity contribution in [3.05, 3.63) is 29.3 Å². The maximum absolute atomic E-state index is 12.5. The summed E-state index contributed by atoms with van der Waals surface area (Å²) < 4.78 is 29.7. The molecular weight excluding hydrogens is 236 g/mol. The van der Waals surface area contributed by atoms with Gasteiger partial charge in [-0.25, -0.2) is 0 Å². The van der Waals surface area contributed by atoms with Crippen LogP contribution in [0.5, 0.6) is 5.75 Å². The second kappa shape index (κ2) is 5.22. The lowest BCUT2D eigenvalue weighted by molar-refractivity contribution is -0.0517. The molecule has 1 aromatic rings. The fourth-order valence-corrected chi connectivity index (χ4v) is 2.74. The number of aryl methyl sites for hydroxylation is 1. The van der Waals surface area contributed by atoms with Gasteiger partial charge in [-0.15, -0.1) is 0 Å². The average molecular weight is 255 g/mol. The quantitative estimate of drug-likeness (QED) is 0.893. The molecule has 0 amide bonds. The zero-order valence-electron chi connectivity index (χ0n) is 10.6. The molecule has 0 radical (unpaired) electrons. The maximum atomic E-state index is 12.5. The van der Waals surface area contributed by atoms with Crippen molar-refractivity contribution >= 4 is 0 Å². The lowest BCUT2D eigenvalue weighted by Gasteiger charge is -2.35. The molecule has 2 nitrogen and oxygen atoms in total. The molecule has 0 aliphatic heterocycles. The van der Waals surface area contributed by atoms with Gasteiger partial charge in [0.25, 0.3) is 0 Å². The molecule has 0 saturated heterocycles. The van der Waals surface area contributed by atoms with Crippen LogP contribution in [0, 0.1) is 6.92 Å². The van der Waals surface area contributed by atoms with E-state index >= 15 is 0 Å². The second-order valence-electron chi connectivity index (χ2n) is 5.05. The molecule has 0 bridgehead atoms. The minimum atomic E-state index is -2.81. The van der Waals surface area contributed by atoms with Crippen LogP contribution in [0.15, 0.2) is 18.2 Å². The molecule has 1 aromatic carbocycles. The van der Waals surface area contributed by atoms with E-state index in [0.29, 0.717) is 5.56 Å². The second-order valence-corrected chi connectivity index (χ2v) is 5.05. The third kappa shape index (κ3) is 2.64. The van der Waals surface area contributed by atoms with Gasteiger partial charge in [0, 0.05) is 11.1 Å². The highest BCUT2D eigenvalue weighted by Crippen LogP contribution is 2.40. The van der Waals surface area contributed by atoms with E-state index in [9.17, 15) is 8.78 Å². The number of para-hydroxylation sites is 1. The number of nitrogens with two attached hydrogens (primary N) is 1. The molecule has 0 atom stereocenters. The molecule has 0 spiro atoms. The van der Waals surface area contributed by atoms with Crippen LogP contribution in [0.2, 0.25) is 0 Å². The number of benzene rings is 1. The first-order valence-corrected chi connectivity index (χ1v) is 6.37. The molecule has 0 aromatic heterocycles. The zero-order valence-corrected chi connectivity index (χ0v) is 10.6. The van der Waals surface area contributed by atoms with Crippen molar-refractivity contribution in [2.75, 3.05) is 0 Å². The van der Waals surface area contributed by atoms with Gasteiger partial charge in [0.05, 0.1) is 0 Å². The van der Waals surface area contributed by atoms with Crippen molar-refractivity contribution in [1.29, 1.82) is 0 Å². The van der Waals surface area contributed by atoms with Crippen molar-refractivity contribution in [1.82, 2.24) is 0 Å². The standard InChI is InChI=1S/C14H19F2NO/c1-10-6-5-7-11(12(10)18-13(15)16)14(17)8-3-2-4-9-14/h5-7,13H,2-4,8-9,17H2,1H3. The minimum Gasteiger partial charge on any atom is -0.434 e. The van der Waals surface area contributed by atoms with Crippen molar-refractivity contribution < 1.29 is 13.5 Å². The van der Waals surface area contributed by atoms with E-state index in [2.05, 4.69) is 4.74 Å². The van der Waals surface area contributed by atoms with Crippen LogP contribution in [0.3, 0.4) is 0 Å². The summed E-state index contributed by atoms with van der Waals surface area (Å²) in [6, 6.07) is 5.44. The molecule has 1 saturated carbocycles. The zero-order chi connectivity index (χ0) is 13.2. The Bertz CT molecular complexity index is 414. The molecule has 2 rings (SSSR count). The van der Waals surface area contributed by atoms with Crippen LogP contribution in [0.25, 0.3) is 0 Å². The number of hydrogen-bond donors (Lipinski definition) is 1. The smallest absolute Gasteiger partial charge is 0.387 e. The first-order valence-electron chi connectivity index (χ1n) is 6.37. The van der Waals surface area contributed by atoms with Gasteiger partial charge in [0.1, 0.15) is 5.75 Å². The Labute approximate surface area is 106 Å². The van der Waals surface area contributed by atoms with Gasteiger partial charge in [-0.2, -0.15) is 8.78 Å². The van der Waals surface area contributed by atoms with E-state index in [1.807, 2.05) is 12.1 Å². The predicted molar refractivity (Wildman–Crippen MR) is 66.8 cm³/mol. The van der Waals surface area contributed by atoms with Crippen molar-refractivity contribution in [3.63, 3.8) is 0 Å². The normalized spacial score (nSPS) is 18.9. The Balaban J connectivity index is 2.39. The van der Waals surface area contributed by atoms with E-state index in [1.54, 1.807) is 13.0 Å². The monoisotopic (exact) mass is 255 g/mol. The van der Waals surface area contributed by atoms with Crippen LogP contribution < -0.4 is 10.5 Å². The maximum Gasteiger partial charge on any atom is 0.387 e. The van der Waals surface area contributed by atoms with Crippen LogP contribution in [-0.2, 0) is 5.54 Å². The summed E-state index contributed by atoms with van der Waals surface area (Å²) in [6.45, 7) is -1.04. The average Bonchev–Trinajstić information content (AvgIpc) is 2.32. The number of hydrogen-bond acceptors (Lipinski definition) is 2. The lowest BCUT2D eigenvalue weighted by Crippen LogP contribution is -2.39. The summed E-state index contributed by atoms with van der Waals surface area (Å²) in [5, 5.41) is 0. The number of halogens is 2. The van der Waals surface area contributed by atoms with E-state index < -0.39 is 12.2 Å². The highest BCUT2D eigenvalue weighted by Gasteiger charge is 2.33. The van der Waals surface area contributed by atoms with Gasteiger partial charge in [-0.3, -0.25) is 0 Å². The molecule has 100 valence electrons. The highest BCUT2D eigenvalue weighted by molar-refractivity contribution is 5.45. The van der Waals surface area contributed by atoms with Gasteiger partial charge < -0.3 is 10.5 Å². The topological polar surface area (TPSA) is 35.2 Å². The molecule has 0 heterocycles. The van der Waals surface area contributed by atoms with Crippen molar-refractivity contribution in [2.45, 2.75) is 51.2 Å². The molecule has 0 unspecified atom stereocenters. The van der Waals surface area contributed by atoms with Gasteiger partial charge in [-0.05, 0) is 25.3 Å². The number of rotatable bonds is 3. The number of alkyl halides is 2. The third-order valence-corrected chi connectivity index (χ3v) is 3.70. The predicted octanol–water partition coefficient (Wildman–Crippen LogP) is 3.71. The van der Waals surface area contributed by atoms with Gasteiger partial charge in [0.2, 0.25) is 0 Å². The summed E-state index contributed by atoms with van der Waals surface area (Å²) >= 11 is 0. The summed E-state index contributed by atoms with van der Waals surface area (Å²) in [5.74, 6) is 0.261. The molecule has 2 N–H and O–H groups in total. The molecule has 1 aliphatic rings. The molecule has 1 fully saturated rings. The highest BCUT2D eigenvalue weighted by atomic mass is 19.3. The van der Waals surface area contributed by atoms with E-state index in [-0.39, 0.29) is 5.75 Å². The minimum absolute atomic E-state index is 0.261. The van der Waals surface area contributed by atoms with E-state index in [0.717, 1.165) is 37.7 Å². The summed E-state index contributed by atoms with van der Waals surface area (Å²) in [4.78, 5) is 0. The van der Waals surface area contributed by atoms with Crippen LogP contribution in [0.4, 0.5) is 8.78 Å². The fraction of sp³-hybridized carbons (Fsp3) is 0.571. The Morgan fingerprint density at radius 1 is 1.22 bits per heavy atom. The Kier molecular flexibility index (Phi) is 3.85. The Hall–Kier alpha value is -1.16. The van der Waals surface area contributed by atoms with Crippen LogP contribution in [0.1, 0.15) is 43.2 Å². The van der Waals surface area contributed by atoms with Gasteiger partial charge >= 0.3 is 6.61 Å². The van der Waals surface area contributed by atoms with Crippen LogP contribution in [-0.4, -0.2) is 6.61 Å². The third-order valence-electron chi connectivity index (χ3n) is 3.70. The summed E-state index contributed by atoms with van der Waals surface area (Å²) in [5.41, 5.74) is 7.32. The SMILES string of the molecule is Cc1cccc(C2(N)CCCCC2)c1OC(F)F. The first-order chi connectivity index (χ1) is 8.53. The van der Waals surface area contributed by atoms with Gasteiger partial charge in [-0.1, -0.05) is 37.5 Å². The van der Waals surface area contributed by atoms with Crippen molar-refractivity contribution in [3.8, 4) is 5.75 Å². The van der Waals surface area contributed by atoms with Crippen molar-refractivity contribution in [2.24, 2.45) is 5.73 Å². The van der Waals surface area contributed by atoms with Crippen LogP contribution >= 0.6 is 0 Å². The fourth-order valence-electron chi connectivity index (χ4n) is 2.74. The largest absolute Gasteiger partial charge is 0.434 e. The molecule has 4 heteroatoms. The molecular formula is C14H19F2NO. The Morgan fingerprint density at radius 3 is 2.50 bits per heavy atom. The van der Waals surface area contributed by atoms with E-state index in [4.69, 9.17) is 5.73 Å². The van der Waals surface area contributed by atoms with E-state index in [1.165, 1.54) is 0 Å².